The summed E-state index contributed by atoms with van der Waals surface area (Å²) in [6.07, 6.45) is 4.71. The summed E-state index contributed by atoms with van der Waals surface area (Å²) in [6.45, 7) is 4.35. The number of carbonyl (C=O) groups excluding carboxylic acids is 1. The molecule has 0 radical (unpaired) electrons. The van der Waals surface area contributed by atoms with Crippen molar-refractivity contribution in [1.82, 2.24) is 23.6 Å². The molecule has 1 amide bonds. The molecule has 3 heterocycles. The number of rotatable bonds is 9. The Labute approximate surface area is 239 Å². The fourth-order valence-electron chi connectivity index (χ4n) is 5.35. The molecule has 13 heteroatoms. The van der Waals surface area contributed by atoms with Crippen LogP contribution in [0.5, 0.6) is 0 Å². The van der Waals surface area contributed by atoms with Gasteiger partial charge in [-0.05, 0) is 73.1 Å². The molecule has 4 aromatic rings. The highest BCUT2D eigenvalue weighted by molar-refractivity contribution is 7.89. The van der Waals surface area contributed by atoms with Gasteiger partial charge in [-0.25, -0.2) is 30.8 Å². The molecule has 218 valence electrons. The number of hydrogen-bond donors (Lipinski definition) is 3. The standard InChI is InChI=1S/C28H34N6O5S2/c1-4-40(36,37)34-10-8-20(9-11-34)25-16-30-27-23(25)13-22(14-24(27)28(29)35)21-7-5-6-19(12-21)15-31-41(38,39)26-17-33(3)18(2)32-26/h5-7,12-14,16-17,20,30-31H,4,8-11,15H2,1-3H3,(H2,29,35). The first-order chi connectivity index (χ1) is 19.4. The van der Waals surface area contributed by atoms with Crippen molar-refractivity contribution in [3.05, 3.63) is 71.3 Å². The molecule has 0 saturated carbocycles. The van der Waals surface area contributed by atoms with Gasteiger partial charge in [-0.2, -0.15) is 0 Å². The maximum absolute atomic E-state index is 12.8. The van der Waals surface area contributed by atoms with Crippen molar-refractivity contribution < 1.29 is 21.6 Å². The van der Waals surface area contributed by atoms with E-state index in [2.05, 4.69) is 14.7 Å². The summed E-state index contributed by atoms with van der Waals surface area (Å²) >= 11 is 0. The monoisotopic (exact) mass is 598 g/mol. The fourth-order valence-corrected chi connectivity index (χ4v) is 7.53. The van der Waals surface area contributed by atoms with Crippen LogP contribution in [0.3, 0.4) is 0 Å². The van der Waals surface area contributed by atoms with Crippen molar-refractivity contribution >= 4 is 36.9 Å². The Morgan fingerprint density at radius 1 is 1.12 bits per heavy atom. The second-order valence-electron chi connectivity index (χ2n) is 10.4. The molecule has 0 unspecified atom stereocenters. The van der Waals surface area contributed by atoms with Gasteiger partial charge in [0.25, 0.3) is 15.9 Å². The normalized spacial score (nSPS) is 15.5. The van der Waals surface area contributed by atoms with Crippen LogP contribution in [0.25, 0.3) is 22.0 Å². The predicted octanol–water partition coefficient (Wildman–Crippen LogP) is 2.98. The summed E-state index contributed by atoms with van der Waals surface area (Å²) in [7, 11) is -5.30. The van der Waals surface area contributed by atoms with Crippen molar-refractivity contribution in [3.63, 3.8) is 0 Å². The summed E-state index contributed by atoms with van der Waals surface area (Å²) in [5.74, 6) is 0.232. The molecule has 1 saturated heterocycles. The summed E-state index contributed by atoms with van der Waals surface area (Å²) in [5, 5.41) is 0.827. The lowest BCUT2D eigenvalue weighted by Crippen LogP contribution is -2.38. The van der Waals surface area contributed by atoms with E-state index in [1.54, 1.807) is 35.8 Å². The Morgan fingerprint density at radius 2 is 1.85 bits per heavy atom. The minimum absolute atomic E-state index is 0.0386. The Balaban J connectivity index is 1.43. The maximum atomic E-state index is 12.8. The molecule has 0 spiro atoms. The average Bonchev–Trinajstić information content (AvgIpc) is 3.54. The Morgan fingerprint density at radius 3 is 2.49 bits per heavy atom. The highest BCUT2D eigenvalue weighted by Crippen LogP contribution is 2.37. The number of piperidine rings is 1. The van der Waals surface area contributed by atoms with Crippen molar-refractivity contribution in [1.29, 1.82) is 0 Å². The second kappa shape index (κ2) is 11.0. The first kappa shape index (κ1) is 29.0. The number of imidazole rings is 1. The minimum atomic E-state index is -3.80. The highest BCUT2D eigenvalue weighted by Gasteiger charge is 2.29. The van der Waals surface area contributed by atoms with Gasteiger partial charge in [0.1, 0.15) is 5.82 Å². The van der Waals surface area contributed by atoms with Crippen LogP contribution in [-0.4, -0.2) is 60.4 Å². The number of nitrogens with one attached hydrogen (secondary N) is 2. The molecule has 1 fully saturated rings. The number of nitrogens with two attached hydrogens (primary N) is 1. The summed E-state index contributed by atoms with van der Waals surface area (Å²) in [5.41, 5.74) is 10.1. The van der Waals surface area contributed by atoms with E-state index in [1.165, 1.54) is 6.20 Å². The topological polar surface area (TPSA) is 160 Å². The van der Waals surface area contributed by atoms with E-state index in [4.69, 9.17) is 5.73 Å². The molecule has 5 rings (SSSR count). The van der Waals surface area contributed by atoms with Crippen LogP contribution in [0.15, 0.2) is 53.8 Å². The van der Waals surface area contributed by atoms with Gasteiger partial charge in [0.2, 0.25) is 10.0 Å². The number of hydrogen-bond acceptors (Lipinski definition) is 6. The van der Waals surface area contributed by atoms with Gasteiger partial charge in [-0.15, -0.1) is 0 Å². The molecule has 11 nitrogen and oxygen atoms in total. The maximum Gasteiger partial charge on any atom is 0.259 e. The molecule has 0 aliphatic carbocycles. The lowest BCUT2D eigenvalue weighted by molar-refractivity contribution is 0.100. The molecule has 0 bridgehead atoms. The SMILES string of the molecule is CCS(=O)(=O)N1CCC(c2c[nH]c3c(C(N)=O)cc(-c4cccc(CNS(=O)(=O)c5cn(C)c(C)n5)c4)cc23)CC1. The summed E-state index contributed by atoms with van der Waals surface area (Å²) < 4.78 is 56.0. The van der Waals surface area contributed by atoms with Crippen LogP contribution in [-0.2, 0) is 33.6 Å². The van der Waals surface area contributed by atoms with Gasteiger partial charge in [0.15, 0.2) is 5.03 Å². The molecule has 1 aliphatic heterocycles. The number of primary amides is 1. The van der Waals surface area contributed by atoms with Gasteiger partial charge in [0.05, 0.1) is 16.8 Å². The average molecular weight is 599 g/mol. The second-order valence-corrected chi connectivity index (χ2v) is 14.4. The minimum Gasteiger partial charge on any atom is -0.366 e. The summed E-state index contributed by atoms with van der Waals surface area (Å²) in [4.78, 5) is 19.8. The molecule has 41 heavy (non-hydrogen) atoms. The number of H-pyrrole nitrogens is 1. The largest absolute Gasteiger partial charge is 0.366 e. The number of sulfonamides is 2. The number of amides is 1. The van der Waals surface area contributed by atoms with Gasteiger partial charge in [0, 0.05) is 44.5 Å². The molecule has 4 N–H and O–H groups in total. The molecule has 2 aromatic heterocycles. The van der Waals surface area contributed by atoms with Crippen LogP contribution < -0.4 is 10.5 Å². The smallest absolute Gasteiger partial charge is 0.259 e. The van der Waals surface area contributed by atoms with E-state index in [-0.39, 0.29) is 23.2 Å². The van der Waals surface area contributed by atoms with Crippen LogP contribution in [0.2, 0.25) is 0 Å². The van der Waals surface area contributed by atoms with Gasteiger partial charge in [-0.1, -0.05) is 18.2 Å². The van der Waals surface area contributed by atoms with Crippen LogP contribution >= 0.6 is 0 Å². The van der Waals surface area contributed by atoms with Gasteiger partial charge >= 0.3 is 0 Å². The van der Waals surface area contributed by atoms with E-state index < -0.39 is 26.0 Å². The van der Waals surface area contributed by atoms with E-state index in [0.717, 1.165) is 27.6 Å². The van der Waals surface area contributed by atoms with E-state index in [0.29, 0.717) is 42.8 Å². The zero-order chi connectivity index (χ0) is 29.5. The van der Waals surface area contributed by atoms with Crippen molar-refractivity contribution in [2.45, 2.75) is 44.2 Å². The Hall–Kier alpha value is -3.52. The lowest BCUT2D eigenvalue weighted by atomic mass is 9.88. The zero-order valence-electron chi connectivity index (χ0n) is 23.2. The number of fused-ring (bicyclic) bond motifs is 1. The third-order valence-corrected chi connectivity index (χ3v) is 11.0. The third-order valence-electron chi connectivity index (χ3n) is 7.83. The summed E-state index contributed by atoms with van der Waals surface area (Å²) in [6, 6.07) is 11.2. The van der Waals surface area contributed by atoms with Gasteiger partial charge < -0.3 is 15.3 Å². The third kappa shape index (κ3) is 5.80. The lowest BCUT2D eigenvalue weighted by Gasteiger charge is -2.31. The fraction of sp³-hybridized carbons (Fsp3) is 0.357. The molecular weight excluding hydrogens is 564 g/mol. The first-order valence-corrected chi connectivity index (χ1v) is 16.5. The number of carbonyl (C=O) groups is 1. The van der Waals surface area contributed by atoms with E-state index >= 15 is 0 Å². The number of aromatic nitrogens is 3. The molecule has 0 atom stereocenters. The van der Waals surface area contributed by atoms with Crippen LogP contribution in [0.4, 0.5) is 0 Å². The zero-order valence-corrected chi connectivity index (χ0v) is 24.8. The number of aromatic amines is 1. The number of aryl methyl sites for hydroxylation is 2. The highest BCUT2D eigenvalue weighted by atomic mass is 32.2. The predicted molar refractivity (Wildman–Crippen MR) is 157 cm³/mol. The quantitative estimate of drug-likeness (QED) is 0.269. The van der Waals surface area contributed by atoms with Gasteiger partial charge in [-0.3, -0.25) is 4.79 Å². The molecule has 2 aromatic carbocycles. The molecule has 1 aliphatic rings. The number of nitrogens with zero attached hydrogens (tertiary/aromatic N) is 3. The Bertz CT molecular complexity index is 1810. The van der Waals surface area contributed by atoms with Crippen molar-refractivity contribution in [2.24, 2.45) is 12.8 Å². The molecular formula is C28H34N6O5S2. The van der Waals surface area contributed by atoms with E-state index in [1.807, 2.05) is 36.5 Å². The van der Waals surface area contributed by atoms with Crippen LogP contribution in [0, 0.1) is 6.92 Å². The van der Waals surface area contributed by atoms with E-state index in [9.17, 15) is 21.6 Å². The van der Waals surface area contributed by atoms with Crippen molar-refractivity contribution in [3.8, 4) is 11.1 Å². The Kier molecular flexibility index (Phi) is 7.81. The van der Waals surface area contributed by atoms with Crippen molar-refractivity contribution in [2.75, 3.05) is 18.8 Å². The number of benzene rings is 2. The van der Waals surface area contributed by atoms with Crippen LogP contribution in [0.1, 0.15) is 53.0 Å². The first-order valence-electron chi connectivity index (χ1n) is 13.4.